The number of esters is 1. The highest BCUT2D eigenvalue weighted by molar-refractivity contribution is 5.94. The van der Waals surface area contributed by atoms with Gasteiger partial charge in [-0.3, -0.25) is 0 Å². The van der Waals surface area contributed by atoms with Crippen molar-refractivity contribution in [2.45, 2.75) is 12.4 Å². The van der Waals surface area contributed by atoms with Gasteiger partial charge >= 0.3 is 18.3 Å². The van der Waals surface area contributed by atoms with E-state index in [9.17, 15) is 31.1 Å². The van der Waals surface area contributed by atoms with Gasteiger partial charge < -0.3 is 4.74 Å². The molecule has 1 heterocycles. The van der Waals surface area contributed by atoms with E-state index >= 15 is 0 Å². The SMILES string of the molecule is O=C1OCC=C1/C=C\c1cc(C(F)(F)F)cc(C(F)(F)F)c1. The van der Waals surface area contributed by atoms with Crippen LogP contribution in [0.3, 0.4) is 0 Å². The first-order valence-corrected chi connectivity index (χ1v) is 5.92. The first-order valence-electron chi connectivity index (χ1n) is 5.92. The molecule has 8 heteroatoms. The first kappa shape index (κ1) is 16.1. The molecule has 0 aliphatic carbocycles. The van der Waals surface area contributed by atoms with Crippen LogP contribution < -0.4 is 0 Å². The van der Waals surface area contributed by atoms with E-state index in [0.717, 1.165) is 12.2 Å². The minimum absolute atomic E-state index is 0.0227. The fourth-order valence-electron chi connectivity index (χ4n) is 1.77. The summed E-state index contributed by atoms with van der Waals surface area (Å²) < 4.78 is 80.5. The van der Waals surface area contributed by atoms with Crippen molar-refractivity contribution in [3.05, 3.63) is 52.6 Å². The number of rotatable bonds is 2. The van der Waals surface area contributed by atoms with Crippen molar-refractivity contribution in [3.63, 3.8) is 0 Å². The lowest BCUT2D eigenvalue weighted by Gasteiger charge is -2.12. The minimum Gasteiger partial charge on any atom is -0.458 e. The standard InChI is InChI=1S/C14H8F6O2/c15-13(16,17)10-5-8(6-11(7-10)14(18,19)20)1-2-9-3-4-22-12(9)21/h1-3,5-7H,4H2/b2-1-. The predicted octanol–water partition coefficient (Wildman–Crippen LogP) is 4.22. The van der Waals surface area contributed by atoms with E-state index in [2.05, 4.69) is 4.74 Å². The van der Waals surface area contributed by atoms with Crippen molar-refractivity contribution in [1.82, 2.24) is 0 Å². The molecule has 0 saturated heterocycles. The lowest BCUT2D eigenvalue weighted by molar-refractivity contribution is -0.143. The van der Waals surface area contributed by atoms with Crippen LogP contribution in [0.5, 0.6) is 0 Å². The lowest BCUT2D eigenvalue weighted by atomic mass is 10.0. The summed E-state index contributed by atoms with van der Waals surface area (Å²) in [6.45, 7) is 0.0227. The van der Waals surface area contributed by atoms with E-state index in [1.807, 2.05) is 0 Å². The van der Waals surface area contributed by atoms with Crippen LogP contribution in [-0.2, 0) is 21.9 Å². The number of hydrogen-bond donors (Lipinski definition) is 0. The van der Waals surface area contributed by atoms with E-state index in [4.69, 9.17) is 0 Å². The summed E-state index contributed by atoms with van der Waals surface area (Å²) in [5.41, 5.74) is -3.07. The van der Waals surface area contributed by atoms with Crippen LogP contribution in [0.4, 0.5) is 26.3 Å². The van der Waals surface area contributed by atoms with Gasteiger partial charge in [-0.1, -0.05) is 6.08 Å². The Hall–Kier alpha value is -2.25. The van der Waals surface area contributed by atoms with E-state index in [1.165, 1.54) is 6.08 Å². The number of halogens is 6. The Morgan fingerprint density at radius 2 is 1.45 bits per heavy atom. The highest BCUT2D eigenvalue weighted by atomic mass is 19.4. The van der Waals surface area contributed by atoms with E-state index in [1.54, 1.807) is 0 Å². The number of carbonyl (C=O) groups excluding carboxylic acids is 1. The van der Waals surface area contributed by atoms with Gasteiger partial charge in [0.05, 0.1) is 16.7 Å². The average molecular weight is 322 g/mol. The van der Waals surface area contributed by atoms with Gasteiger partial charge in [-0.05, 0) is 35.9 Å². The first-order chi connectivity index (χ1) is 10.1. The Labute approximate surface area is 120 Å². The molecule has 1 aromatic carbocycles. The van der Waals surface area contributed by atoms with Crippen LogP contribution in [0, 0.1) is 0 Å². The smallest absolute Gasteiger partial charge is 0.416 e. The van der Waals surface area contributed by atoms with Gasteiger partial charge in [0.25, 0.3) is 0 Å². The average Bonchev–Trinajstić information content (AvgIpc) is 2.79. The number of cyclic esters (lactones) is 1. The van der Waals surface area contributed by atoms with Gasteiger partial charge in [-0.25, -0.2) is 4.79 Å². The molecule has 0 unspecified atom stereocenters. The summed E-state index contributed by atoms with van der Waals surface area (Å²) in [4.78, 5) is 11.1. The van der Waals surface area contributed by atoms with Gasteiger partial charge in [0.15, 0.2) is 0 Å². The normalized spacial score (nSPS) is 16.1. The second-order valence-electron chi connectivity index (χ2n) is 4.43. The Morgan fingerprint density at radius 1 is 0.909 bits per heavy atom. The van der Waals surface area contributed by atoms with Gasteiger partial charge in [0.1, 0.15) is 6.61 Å². The molecular weight excluding hydrogens is 314 g/mol. The van der Waals surface area contributed by atoms with Crippen molar-refractivity contribution < 1.29 is 35.9 Å². The molecule has 2 rings (SSSR count). The van der Waals surface area contributed by atoms with Crippen LogP contribution >= 0.6 is 0 Å². The van der Waals surface area contributed by atoms with Gasteiger partial charge in [-0.2, -0.15) is 26.3 Å². The molecule has 0 atom stereocenters. The number of hydrogen-bond acceptors (Lipinski definition) is 2. The Bertz CT molecular complexity index is 620. The minimum atomic E-state index is -4.91. The zero-order chi connectivity index (χ0) is 16.5. The largest absolute Gasteiger partial charge is 0.458 e. The quantitative estimate of drug-likeness (QED) is 0.602. The van der Waals surface area contributed by atoms with Crippen molar-refractivity contribution in [3.8, 4) is 0 Å². The molecular formula is C14H8F6O2. The topological polar surface area (TPSA) is 26.3 Å². The molecule has 22 heavy (non-hydrogen) atoms. The van der Waals surface area contributed by atoms with Crippen LogP contribution in [-0.4, -0.2) is 12.6 Å². The monoisotopic (exact) mass is 322 g/mol. The Morgan fingerprint density at radius 3 is 1.86 bits per heavy atom. The number of alkyl halides is 6. The maximum atomic E-state index is 12.7. The maximum absolute atomic E-state index is 12.7. The third kappa shape index (κ3) is 3.69. The zero-order valence-corrected chi connectivity index (χ0v) is 10.8. The molecule has 1 aliphatic rings. The van der Waals surface area contributed by atoms with Gasteiger partial charge in [-0.15, -0.1) is 0 Å². The molecule has 1 aromatic rings. The molecule has 0 bridgehead atoms. The fraction of sp³-hybridized carbons (Fsp3) is 0.214. The fourth-order valence-corrected chi connectivity index (χ4v) is 1.77. The molecule has 0 N–H and O–H groups in total. The molecule has 1 aliphatic heterocycles. The highest BCUT2D eigenvalue weighted by Gasteiger charge is 2.36. The van der Waals surface area contributed by atoms with Crippen LogP contribution in [0.25, 0.3) is 6.08 Å². The van der Waals surface area contributed by atoms with E-state index in [-0.39, 0.29) is 23.8 Å². The molecule has 0 saturated carbocycles. The maximum Gasteiger partial charge on any atom is 0.416 e. The molecule has 118 valence electrons. The number of ether oxygens (including phenoxy) is 1. The second kappa shape index (κ2) is 5.51. The molecule has 0 radical (unpaired) electrons. The summed E-state index contributed by atoms with van der Waals surface area (Å²) in [7, 11) is 0. The molecule has 0 fully saturated rings. The third-order valence-electron chi connectivity index (χ3n) is 2.82. The van der Waals surface area contributed by atoms with Crippen molar-refractivity contribution in [2.24, 2.45) is 0 Å². The van der Waals surface area contributed by atoms with E-state index in [0.29, 0.717) is 12.1 Å². The summed E-state index contributed by atoms with van der Waals surface area (Å²) in [6.07, 6.45) is -6.32. The number of carbonyl (C=O) groups is 1. The molecule has 2 nitrogen and oxygen atoms in total. The Balaban J connectivity index is 2.42. The van der Waals surface area contributed by atoms with E-state index < -0.39 is 29.4 Å². The van der Waals surface area contributed by atoms with Crippen LogP contribution in [0.15, 0.2) is 35.9 Å². The second-order valence-corrected chi connectivity index (χ2v) is 4.43. The zero-order valence-electron chi connectivity index (χ0n) is 10.8. The Kier molecular flexibility index (Phi) is 4.04. The van der Waals surface area contributed by atoms with Crippen molar-refractivity contribution >= 4 is 12.0 Å². The van der Waals surface area contributed by atoms with Gasteiger partial charge in [0.2, 0.25) is 0 Å². The van der Waals surface area contributed by atoms with Crippen LogP contribution in [0.1, 0.15) is 16.7 Å². The van der Waals surface area contributed by atoms with Gasteiger partial charge in [0, 0.05) is 0 Å². The molecule has 0 spiro atoms. The third-order valence-corrected chi connectivity index (χ3v) is 2.82. The highest BCUT2D eigenvalue weighted by Crippen LogP contribution is 2.36. The van der Waals surface area contributed by atoms with Crippen molar-refractivity contribution in [1.29, 1.82) is 0 Å². The number of benzene rings is 1. The van der Waals surface area contributed by atoms with Crippen LogP contribution in [0.2, 0.25) is 0 Å². The summed E-state index contributed by atoms with van der Waals surface area (Å²) in [6, 6.07) is 1.19. The predicted molar refractivity (Wildman–Crippen MR) is 64.5 cm³/mol. The lowest BCUT2D eigenvalue weighted by Crippen LogP contribution is -2.11. The summed E-state index contributed by atoms with van der Waals surface area (Å²) >= 11 is 0. The molecule has 0 amide bonds. The molecule has 0 aromatic heterocycles. The van der Waals surface area contributed by atoms with Crippen molar-refractivity contribution in [2.75, 3.05) is 6.61 Å². The summed E-state index contributed by atoms with van der Waals surface area (Å²) in [5.74, 6) is -0.681. The summed E-state index contributed by atoms with van der Waals surface area (Å²) in [5, 5.41) is 0.